The zero-order chi connectivity index (χ0) is 11.3. The van der Waals surface area contributed by atoms with Gasteiger partial charge in [0.25, 0.3) is 0 Å². The lowest BCUT2D eigenvalue weighted by atomic mass is 10.1. The van der Waals surface area contributed by atoms with Crippen molar-refractivity contribution in [2.45, 2.75) is 20.3 Å². The van der Waals surface area contributed by atoms with Crippen LogP contribution in [0.1, 0.15) is 25.8 Å². The summed E-state index contributed by atoms with van der Waals surface area (Å²) >= 11 is 0. The van der Waals surface area contributed by atoms with Crippen LogP contribution in [-0.4, -0.2) is 5.78 Å². The van der Waals surface area contributed by atoms with Crippen LogP contribution in [0.5, 0.6) is 0 Å². The Morgan fingerprint density at radius 2 is 1.93 bits per heavy atom. The van der Waals surface area contributed by atoms with Crippen LogP contribution in [-0.2, 0) is 4.79 Å². The average Bonchev–Trinajstić information content (AvgIpc) is 2.17. The minimum atomic E-state index is -0.207. The van der Waals surface area contributed by atoms with E-state index in [-0.39, 0.29) is 17.5 Å². The molecule has 1 aromatic rings. The molecule has 0 bridgehead atoms. The molecule has 0 unspecified atom stereocenters. The molecule has 0 N–H and O–H groups in total. The van der Waals surface area contributed by atoms with Gasteiger partial charge < -0.3 is 5.11 Å². The van der Waals surface area contributed by atoms with Gasteiger partial charge in [0.05, 0.1) is 0 Å². The quantitative estimate of drug-likeness (QED) is 0.554. The van der Waals surface area contributed by atoms with Gasteiger partial charge in [0.2, 0.25) is 0 Å². The van der Waals surface area contributed by atoms with Crippen molar-refractivity contribution in [1.29, 1.82) is 0 Å². The predicted molar refractivity (Wildman–Crippen MR) is 58.9 cm³/mol. The summed E-state index contributed by atoms with van der Waals surface area (Å²) in [7, 11) is 0. The van der Waals surface area contributed by atoms with Gasteiger partial charge in [-0.05, 0) is 17.6 Å². The van der Waals surface area contributed by atoms with Crippen molar-refractivity contribution >= 4 is 11.5 Å². The Labute approximate surface area is 90.3 Å². The third-order valence-electron chi connectivity index (χ3n) is 1.96. The molecule has 0 spiro atoms. The summed E-state index contributed by atoms with van der Waals surface area (Å²) in [6.45, 7) is 3.91. The van der Waals surface area contributed by atoms with E-state index in [0.29, 0.717) is 12.0 Å². The number of rotatable bonds is 4. The molecule has 0 amide bonds. The van der Waals surface area contributed by atoms with Crippen LogP contribution in [0.15, 0.2) is 36.4 Å². The second-order valence-corrected chi connectivity index (χ2v) is 3.94. The molecule has 80 valence electrons. The lowest BCUT2D eigenvalue weighted by Gasteiger charge is -2.11. The largest absolute Gasteiger partial charge is 0.872 e. The first-order valence-corrected chi connectivity index (χ1v) is 5.06. The van der Waals surface area contributed by atoms with Gasteiger partial charge >= 0.3 is 0 Å². The third-order valence-corrected chi connectivity index (χ3v) is 1.96. The van der Waals surface area contributed by atoms with Crippen molar-refractivity contribution in [1.82, 2.24) is 0 Å². The first kappa shape index (κ1) is 11.5. The Hall–Kier alpha value is -1.57. The molecular weight excluding hydrogens is 188 g/mol. The fourth-order valence-corrected chi connectivity index (χ4v) is 1.29. The number of ketones is 1. The zero-order valence-electron chi connectivity index (χ0n) is 9.07. The minimum Gasteiger partial charge on any atom is -0.872 e. The molecule has 0 atom stereocenters. The molecule has 2 nitrogen and oxygen atoms in total. The summed E-state index contributed by atoms with van der Waals surface area (Å²) in [6, 6.07) is 8.83. The van der Waals surface area contributed by atoms with Crippen LogP contribution >= 0.6 is 0 Å². The van der Waals surface area contributed by atoms with Gasteiger partial charge in [-0.25, -0.2) is 0 Å². The lowest BCUT2D eigenvalue weighted by molar-refractivity contribution is -0.243. The topological polar surface area (TPSA) is 40.1 Å². The monoisotopic (exact) mass is 203 g/mol. The van der Waals surface area contributed by atoms with Gasteiger partial charge in [-0.1, -0.05) is 49.9 Å². The molecule has 1 aromatic carbocycles. The van der Waals surface area contributed by atoms with Crippen LogP contribution in [0.3, 0.4) is 0 Å². The number of allylic oxidation sites excluding steroid dienone is 1. The highest BCUT2D eigenvalue weighted by atomic mass is 16.3. The molecular formula is C13H15O2-. The minimum absolute atomic E-state index is 0.0983. The maximum Gasteiger partial charge on any atom is 0.155 e. The van der Waals surface area contributed by atoms with E-state index in [9.17, 15) is 9.90 Å². The van der Waals surface area contributed by atoms with Crippen LogP contribution in [0.25, 0.3) is 5.76 Å². The maximum absolute atomic E-state index is 11.6. The summed E-state index contributed by atoms with van der Waals surface area (Å²) in [5.41, 5.74) is 0.564. The van der Waals surface area contributed by atoms with Gasteiger partial charge in [-0.3, -0.25) is 4.79 Å². The second kappa shape index (κ2) is 5.35. The average molecular weight is 203 g/mol. The molecule has 0 heterocycles. The molecule has 0 aliphatic carbocycles. The molecule has 0 saturated carbocycles. The molecule has 1 rings (SSSR count). The molecule has 0 radical (unpaired) electrons. The van der Waals surface area contributed by atoms with Gasteiger partial charge in [0.1, 0.15) is 0 Å². The number of hydrogen-bond acceptors (Lipinski definition) is 2. The fraction of sp³-hybridized carbons (Fsp3) is 0.308. The van der Waals surface area contributed by atoms with Crippen LogP contribution in [0.2, 0.25) is 0 Å². The van der Waals surface area contributed by atoms with Gasteiger partial charge in [0, 0.05) is 6.42 Å². The Bertz CT molecular complexity index is 350. The Morgan fingerprint density at radius 1 is 1.33 bits per heavy atom. The van der Waals surface area contributed by atoms with Crippen LogP contribution in [0.4, 0.5) is 0 Å². The summed E-state index contributed by atoms with van der Waals surface area (Å²) in [5.74, 6) is -0.0163. The highest BCUT2D eigenvalue weighted by molar-refractivity contribution is 5.95. The van der Waals surface area contributed by atoms with Gasteiger partial charge in [-0.2, -0.15) is 0 Å². The molecule has 0 aromatic heterocycles. The number of carbonyl (C=O) groups excluding carboxylic acids is 1. The van der Waals surface area contributed by atoms with Crippen LogP contribution < -0.4 is 5.11 Å². The summed E-state index contributed by atoms with van der Waals surface area (Å²) in [4.78, 5) is 11.4. The van der Waals surface area contributed by atoms with E-state index >= 15 is 0 Å². The first-order chi connectivity index (χ1) is 7.09. The molecule has 0 aliphatic heterocycles. The van der Waals surface area contributed by atoms with Crippen molar-refractivity contribution in [3.8, 4) is 0 Å². The van der Waals surface area contributed by atoms with Crippen molar-refractivity contribution in [3.63, 3.8) is 0 Å². The highest BCUT2D eigenvalue weighted by Gasteiger charge is 2.01. The SMILES string of the molecule is CC(C)CC(=O)/C=C(\[O-])c1ccccc1. The van der Waals surface area contributed by atoms with Crippen LogP contribution in [0, 0.1) is 5.92 Å². The molecule has 0 saturated heterocycles. The summed E-state index contributed by atoms with van der Waals surface area (Å²) < 4.78 is 0. The Kier molecular flexibility index (Phi) is 4.10. The summed E-state index contributed by atoms with van der Waals surface area (Å²) in [5, 5.41) is 11.6. The van der Waals surface area contributed by atoms with Gasteiger partial charge in [-0.15, -0.1) is 0 Å². The highest BCUT2D eigenvalue weighted by Crippen LogP contribution is 2.09. The lowest BCUT2D eigenvalue weighted by Crippen LogP contribution is -2.07. The standard InChI is InChI=1S/C13H16O2/c1-10(2)8-12(14)9-13(15)11-6-4-3-5-7-11/h3-7,9-10,15H,8H2,1-2H3/p-1/b13-9-. The maximum atomic E-state index is 11.6. The Morgan fingerprint density at radius 3 is 2.47 bits per heavy atom. The smallest absolute Gasteiger partial charge is 0.155 e. The molecule has 0 aliphatic rings. The van der Waals surface area contributed by atoms with E-state index < -0.39 is 0 Å². The van der Waals surface area contributed by atoms with Crippen molar-refractivity contribution < 1.29 is 9.90 Å². The second-order valence-electron chi connectivity index (χ2n) is 3.94. The van der Waals surface area contributed by atoms with E-state index in [1.54, 1.807) is 24.3 Å². The van der Waals surface area contributed by atoms with E-state index in [1.807, 2.05) is 19.9 Å². The van der Waals surface area contributed by atoms with E-state index in [2.05, 4.69) is 0 Å². The number of benzene rings is 1. The zero-order valence-corrected chi connectivity index (χ0v) is 9.07. The van der Waals surface area contributed by atoms with E-state index in [4.69, 9.17) is 0 Å². The molecule has 0 fully saturated rings. The van der Waals surface area contributed by atoms with E-state index in [1.165, 1.54) is 6.08 Å². The number of hydrogen-bond donors (Lipinski definition) is 0. The van der Waals surface area contributed by atoms with E-state index in [0.717, 1.165) is 0 Å². The van der Waals surface area contributed by atoms with Crippen molar-refractivity contribution in [3.05, 3.63) is 42.0 Å². The molecule has 2 heteroatoms. The van der Waals surface area contributed by atoms with Crippen molar-refractivity contribution in [2.75, 3.05) is 0 Å². The van der Waals surface area contributed by atoms with Crippen molar-refractivity contribution in [2.24, 2.45) is 5.92 Å². The summed E-state index contributed by atoms with van der Waals surface area (Å²) in [6.07, 6.45) is 1.62. The first-order valence-electron chi connectivity index (χ1n) is 5.06. The normalized spacial score (nSPS) is 11.8. The molecule has 15 heavy (non-hydrogen) atoms. The fourth-order valence-electron chi connectivity index (χ4n) is 1.29. The Balaban J connectivity index is 2.72. The predicted octanol–water partition coefficient (Wildman–Crippen LogP) is 2.00. The number of carbonyl (C=O) groups is 1. The van der Waals surface area contributed by atoms with Gasteiger partial charge in [0.15, 0.2) is 5.78 Å². The third kappa shape index (κ3) is 3.98.